The molecule has 0 bridgehead atoms. The summed E-state index contributed by atoms with van der Waals surface area (Å²) in [5.74, 6) is 0. The van der Waals surface area contributed by atoms with Gasteiger partial charge in [-0.25, -0.2) is 0 Å². The van der Waals surface area contributed by atoms with Gasteiger partial charge in [-0.1, -0.05) is 104 Å². The lowest BCUT2D eigenvalue weighted by Crippen LogP contribution is -2.16. The number of rotatable bonds is 10. The van der Waals surface area contributed by atoms with Crippen molar-refractivity contribution in [3.63, 3.8) is 0 Å². The topological polar surface area (TPSA) is 6.48 Å². The first-order chi connectivity index (χ1) is 20.1. The van der Waals surface area contributed by atoms with Gasteiger partial charge in [-0.2, -0.15) is 0 Å². The summed E-state index contributed by atoms with van der Waals surface area (Å²) in [6.07, 6.45) is 8.34. The normalized spacial score (nSPS) is 11.4. The first kappa shape index (κ1) is 27.5. The van der Waals surface area contributed by atoms with Crippen molar-refractivity contribution in [2.45, 2.75) is 13.8 Å². The van der Waals surface area contributed by atoms with Crippen LogP contribution in [0.25, 0.3) is 5.57 Å². The van der Waals surface area contributed by atoms with Crippen molar-refractivity contribution < 1.29 is 0 Å². The Bertz CT molecular complexity index is 1630. The van der Waals surface area contributed by atoms with Crippen molar-refractivity contribution in [2.75, 3.05) is 16.3 Å². The van der Waals surface area contributed by atoms with Gasteiger partial charge in [0.15, 0.2) is 0 Å². The van der Waals surface area contributed by atoms with E-state index in [1.54, 1.807) is 0 Å². The van der Waals surface area contributed by atoms with Crippen LogP contribution in [0.1, 0.15) is 16.7 Å². The van der Waals surface area contributed by atoms with Gasteiger partial charge in [-0.05, 0) is 96.8 Å². The zero-order valence-corrected chi connectivity index (χ0v) is 23.8. The molecule has 0 fully saturated rings. The van der Waals surface area contributed by atoms with Gasteiger partial charge in [-0.3, -0.25) is 0 Å². The Morgan fingerprint density at radius 2 is 1.12 bits per heavy atom. The molecule has 0 saturated heterocycles. The minimum absolute atomic E-state index is 0.745. The van der Waals surface area contributed by atoms with Gasteiger partial charge in [0.1, 0.15) is 0 Å². The van der Waals surface area contributed by atoms with E-state index in [4.69, 9.17) is 0 Å². The maximum atomic E-state index is 3.98. The molecule has 2 heteroatoms. The second-order valence-electron chi connectivity index (χ2n) is 10.1. The van der Waals surface area contributed by atoms with Crippen LogP contribution < -0.4 is 9.80 Å². The Balaban J connectivity index is 1.42. The van der Waals surface area contributed by atoms with E-state index in [0.29, 0.717) is 0 Å². The number of para-hydroxylation sites is 2. The molecule has 0 unspecified atom stereocenters. The van der Waals surface area contributed by atoms with E-state index in [1.807, 2.05) is 6.08 Å². The van der Waals surface area contributed by atoms with Crippen LogP contribution in [0.3, 0.4) is 0 Å². The highest BCUT2D eigenvalue weighted by Gasteiger charge is 2.13. The van der Waals surface area contributed by atoms with Crippen molar-refractivity contribution in [3.05, 3.63) is 181 Å². The molecular weight excluding hydrogens is 496 g/mol. The first-order valence-electron chi connectivity index (χ1n) is 14.0. The zero-order chi connectivity index (χ0) is 28.4. The summed E-state index contributed by atoms with van der Waals surface area (Å²) in [5.41, 5.74) is 10.5. The minimum Gasteiger partial charge on any atom is -0.338 e. The number of hydrogen-bond donors (Lipinski definition) is 0. The molecule has 0 amide bonds. The quantitative estimate of drug-likeness (QED) is 0.165. The molecule has 0 radical (unpaired) electrons. The van der Waals surface area contributed by atoms with E-state index in [2.05, 4.69) is 182 Å². The molecule has 5 aromatic rings. The van der Waals surface area contributed by atoms with Crippen LogP contribution in [0, 0.1) is 13.8 Å². The van der Waals surface area contributed by atoms with Crippen LogP contribution in [0.2, 0.25) is 0 Å². The van der Waals surface area contributed by atoms with E-state index in [0.717, 1.165) is 34.7 Å². The molecule has 0 atom stereocenters. The summed E-state index contributed by atoms with van der Waals surface area (Å²) in [4.78, 5) is 4.63. The Labute approximate surface area is 244 Å². The van der Waals surface area contributed by atoms with Gasteiger partial charge in [-0.15, -0.1) is 0 Å². The third kappa shape index (κ3) is 6.93. The van der Waals surface area contributed by atoms with Crippen LogP contribution in [-0.2, 0) is 0 Å². The molecule has 0 heterocycles. The molecule has 41 heavy (non-hydrogen) atoms. The van der Waals surface area contributed by atoms with Crippen LogP contribution in [-0.4, -0.2) is 6.54 Å². The lowest BCUT2D eigenvalue weighted by Gasteiger charge is -2.26. The van der Waals surface area contributed by atoms with Crippen molar-refractivity contribution >= 4 is 34.0 Å². The zero-order valence-electron chi connectivity index (χ0n) is 23.8. The van der Waals surface area contributed by atoms with E-state index in [-0.39, 0.29) is 0 Å². The maximum Gasteiger partial charge on any atom is 0.0464 e. The standard InChI is InChI=1S/C39H36N2/c1-4-14-33(17-13-28-40(35-18-7-5-8-19-35)38-22-11-15-31(2)29-38)34-24-26-37(27-25-34)41(36-20-9-6-10-21-36)39-23-12-16-32(3)30-39/h4-27,29-30H,1,28H2,2-3H3/b17-13-,33-14+. The fourth-order valence-corrected chi connectivity index (χ4v) is 5.02. The van der Waals surface area contributed by atoms with E-state index in [9.17, 15) is 0 Å². The summed E-state index contributed by atoms with van der Waals surface area (Å²) in [7, 11) is 0. The number of nitrogens with zero attached hydrogens (tertiary/aromatic N) is 2. The third-order valence-corrected chi connectivity index (χ3v) is 7.00. The largest absolute Gasteiger partial charge is 0.338 e. The summed E-state index contributed by atoms with van der Waals surface area (Å²) >= 11 is 0. The first-order valence-corrected chi connectivity index (χ1v) is 14.0. The molecule has 0 N–H and O–H groups in total. The average Bonchev–Trinajstić information content (AvgIpc) is 3.00. The molecule has 5 rings (SSSR count). The monoisotopic (exact) mass is 532 g/mol. The predicted octanol–water partition coefficient (Wildman–Crippen LogP) is 10.7. The van der Waals surface area contributed by atoms with E-state index >= 15 is 0 Å². The van der Waals surface area contributed by atoms with Crippen molar-refractivity contribution in [1.82, 2.24) is 0 Å². The van der Waals surface area contributed by atoms with Crippen LogP contribution in [0.15, 0.2) is 164 Å². The number of allylic oxidation sites excluding steroid dienone is 4. The maximum absolute atomic E-state index is 3.98. The van der Waals surface area contributed by atoms with Gasteiger partial charge in [0, 0.05) is 35.0 Å². The minimum atomic E-state index is 0.745. The van der Waals surface area contributed by atoms with Crippen LogP contribution in [0.5, 0.6) is 0 Å². The second-order valence-corrected chi connectivity index (χ2v) is 10.1. The van der Waals surface area contributed by atoms with Crippen molar-refractivity contribution in [2.24, 2.45) is 0 Å². The van der Waals surface area contributed by atoms with E-state index in [1.165, 1.54) is 22.5 Å². The Hall–Kier alpha value is -5.08. The third-order valence-electron chi connectivity index (χ3n) is 7.00. The lowest BCUT2D eigenvalue weighted by molar-refractivity contribution is 1.09. The number of aryl methyl sites for hydroxylation is 2. The molecule has 0 aliphatic carbocycles. The molecule has 2 nitrogen and oxygen atoms in total. The number of anilines is 5. The molecule has 0 spiro atoms. The molecule has 0 aliphatic heterocycles. The predicted molar refractivity (Wildman–Crippen MR) is 178 cm³/mol. The van der Waals surface area contributed by atoms with Gasteiger partial charge >= 0.3 is 0 Å². The van der Waals surface area contributed by atoms with Crippen LogP contribution >= 0.6 is 0 Å². The Kier molecular flexibility index (Phi) is 8.93. The van der Waals surface area contributed by atoms with E-state index < -0.39 is 0 Å². The fourth-order valence-electron chi connectivity index (χ4n) is 5.02. The summed E-state index contributed by atoms with van der Waals surface area (Å²) in [5, 5.41) is 0. The smallest absolute Gasteiger partial charge is 0.0464 e. The molecule has 202 valence electrons. The number of hydrogen-bond acceptors (Lipinski definition) is 2. The molecule has 5 aromatic carbocycles. The Morgan fingerprint density at radius 3 is 1.73 bits per heavy atom. The highest BCUT2D eigenvalue weighted by molar-refractivity contribution is 5.80. The Morgan fingerprint density at radius 1 is 0.585 bits per heavy atom. The van der Waals surface area contributed by atoms with Gasteiger partial charge in [0.25, 0.3) is 0 Å². The molecule has 0 aliphatic rings. The molecule has 0 aromatic heterocycles. The molecule has 0 saturated carbocycles. The average molecular weight is 533 g/mol. The summed E-state index contributed by atoms with van der Waals surface area (Å²) in [6, 6.07) is 47.1. The van der Waals surface area contributed by atoms with Gasteiger partial charge in [0.2, 0.25) is 0 Å². The van der Waals surface area contributed by atoms with Gasteiger partial charge in [0.05, 0.1) is 0 Å². The van der Waals surface area contributed by atoms with Crippen LogP contribution in [0.4, 0.5) is 28.4 Å². The van der Waals surface area contributed by atoms with Crippen molar-refractivity contribution in [3.8, 4) is 0 Å². The number of benzene rings is 5. The van der Waals surface area contributed by atoms with Crippen molar-refractivity contribution in [1.29, 1.82) is 0 Å². The van der Waals surface area contributed by atoms with Gasteiger partial charge < -0.3 is 9.80 Å². The second kappa shape index (κ2) is 13.3. The SMILES string of the molecule is C=C/C=C(\C=C/CN(c1ccccc1)c1cccc(C)c1)c1ccc(N(c2ccccc2)c2cccc(C)c2)cc1. The summed E-state index contributed by atoms with van der Waals surface area (Å²) < 4.78 is 0. The lowest BCUT2D eigenvalue weighted by atomic mass is 10.0. The summed E-state index contributed by atoms with van der Waals surface area (Å²) in [6.45, 7) is 8.99. The highest BCUT2D eigenvalue weighted by Crippen LogP contribution is 2.35. The molecular formula is C39H36N2. The highest BCUT2D eigenvalue weighted by atomic mass is 15.1. The fraction of sp³-hybridized carbons (Fsp3) is 0.0769.